The molecule has 0 radical (unpaired) electrons. The molecule has 0 aliphatic carbocycles. The standard InChI is InChI=1S/C15H16N2O2/c1-2-14(18)13-8-7-12(9-17-13)10-3-5-11(6-4-10)15(16)19/h3-9,14,18H,2H2,1H3,(H2,16,19). The summed E-state index contributed by atoms with van der Waals surface area (Å²) in [4.78, 5) is 15.2. The van der Waals surface area contributed by atoms with Gasteiger partial charge in [-0.3, -0.25) is 9.78 Å². The Bertz CT molecular complexity index is 562. The smallest absolute Gasteiger partial charge is 0.248 e. The summed E-state index contributed by atoms with van der Waals surface area (Å²) in [6, 6.07) is 10.7. The maximum atomic E-state index is 11.0. The van der Waals surface area contributed by atoms with Crippen LogP contribution in [0.4, 0.5) is 0 Å². The van der Waals surface area contributed by atoms with E-state index >= 15 is 0 Å². The van der Waals surface area contributed by atoms with Crippen LogP contribution in [0, 0.1) is 0 Å². The fourth-order valence-corrected chi connectivity index (χ4v) is 1.81. The van der Waals surface area contributed by atoms with E-state index in [9.17, 15) is 9.90 Å². The van der Waals surface area contributed by atoms with Crippen LogP contribution in [0.3, 0.4) is 0 Å². The molecule has 1 heterocycles. The number of carbonyl (C=O) groups excluding carboxylic acids is 1. The highest BCUT2D eigenvalue weighted by Gasteiger charge is 2.07. The zero-order valence-electron chi connectivity index (χ0n) is 10.7. The predicted molar refractivity (Wildman–Crippen MR) is 73.4 cm³/mol. The molecular weight excluding hydrogens is 240 g/mol. The number of carbonyl (C=O) groups is 1. The number of rotatable bonds is 4. The van der Waals surface area contributed by atoms with Crippen molar-refractivity contribution < 1.29 is 9.90 Å². The average Bonchev–Trinajstić information content (AvgIpc) is 2.46. The summed E-state index contributed by atoms with van der Waals surface area (Å²) in [6.45, 7) is 1.91. The first-order valence-electron chi connectivity index (χ1n) is 6.16. The maximum Gasteiger partial charge on any atom is 0.248 e. The number of nitrogens with two attached hydrogens (primary N) is 1. The molecule has 98 valence electrons. The Morgan fingerprint density at radius 2 is 1.84 bits per heavy atom. The summed E-state index contributed by atoms with van der Waals surface area (Å²) >= 11 is 0. The van der Waals surface area contributed by atoms with E-state index in [1.807, 2.05) is 31.2 Å². The summed E-state index contributed by atoms with van der Waals surface area (Å²) in [5.74, 6) is -0.439. The molecule has 4 heteroatoms. The van der Waals surface area contributed by atoms with Crippen molar-refractivity contribution in [3.05, 3.63) is 53.9 Å². The van der Waals surface area contributed by atoms with Gasteiger partial charge in [0.25, 0.3) is 0 Å². The van der Waals surface area contributed by atoms with E-state index in [-0.39, 0.29) is 0 Å². The van der Waals surface area contributed by atoms with E-state index in [0.29, 0.717) is 17.7 Å². The van der Waals surface area contributed by atoms with Crippen LogP contribution in [0.25, 0.3) is 11.1 Å². The van der Waals surface area contributed by atoms with Crippen LogP contribution >= 0.6 is 0 Å². The maximum absolute atomic E-state index is 11.0. The number of hydrogen-bond donors (Lipinski definition) is 2. The number of aliphatic hydroxyl groups is 1. The van der Waals surface area contributed by atoms with Gasteiger partial charge in [0.1, 0.15) is 0 Å². The van der Waals surface area contributed by atoms with Crippen LogP contribution in [0.1, 0.15) is 35.5 Å². The van der Waals surface area contributed by atoms with Crippen LogP contribution in [-0.2, 0) is 0 Å². The first kappa shape index (κ1) is 13.2. The third-order valence-electron chi connectivity index (χ3n) is 3.02. The van der Waals surface area contributed by atoms with Crippen molar-refractivity contribution in [1.29, 1.82) is 0 Å². The monoisotopic (exact) mass is 256 g/mol. The van der Waals surface area contributed by atoms with Crippen molar-refractivity contribution in [2.24, 2.45) is 5.73 Å². The second-order valence-corrected chi connectivity index (χ2v) is 4.34. The van der Waals surface area contributed by atoms with Crippen LogP contribution < -0.4 is 5.73 Å². The van der Waals surface area contributed by atoms with Crippen LogP contribution in [-0.4, -0.2) is 16.0 Å². The number of hydrogen-bond acceptors (Lipinski definition) is 3. The van der Waals surface area contributed by atoms with Crippen LogP contribution in [0.2, 0.25) is 0 Å². The molecule has 1 unspecified atom stereocenters. The van der Waals surface area contributed by atoms with Crippen molar-refractivity contribution in [2.45, 2.75) is 19.4 Å². The molecule has 1 aromatic carbocycles. The molecule has 19 heavy (non-hydrogen) atoms. The largest absolute Gasteiger partial charge is 0.387 e. The van der Waals surface area contributed by atoms with Gasteiger partial charge >= 0.3 is 0 Å². The second kappa shape index (κ2) is 5.63. The molecule has 1 amide bonds. The Labute approximate surface area is 111 Å². The molecule has 0 fully saturated rings. The Hall–Kier alpha value is -2.20. The predicted octanol–water partition coefficient (Wildman–Crippen LogP) is 2.29. The fraction of sp³-hybridized carbons (Fsp3) is 0.200. The number of benzene rings is 1. The lowest BCUT2D eigenvalue weighted by atomic mass is 10.0. The van der Waals surface area contributed by atoms with E-state index in [1.54, 1.807) is 18.3 Å². The SMILES string of the molecule is CCC(O)c1ccc(-c2ccc(C(N)=O)cc2)cn1. The van der Waals surface area contributed by atoms with Gasteiger partial charge in [-0.05, 0) is 30.2 Å². The quantitative estimate of drug-likeness (QED) is 0.881. The van der Waals surface area contributed by atoms with Gasteiger partial charge in [-0.25, -0.2) is 0 Å². The third-order valence-corrected chi connectivity index (χ3v) is 3.02. The molecule has 4 nitrogen and oxygen atoms in total. The molecule has 1 atom stereocenters. The first-order valence-corrected chi connectivity index (χ1v) is 6.16. The van der Waals surface area contributed by atoms with Gasteiger partial charge in [-0.15, -0.1) is 0 Å². The lowest BCUT2D eigenvalue weighted by Gasteiger charge is -2.08. The second-order valence-electron chi connectivity index (χ2n) is 4.34. The molecule has 1 aromatic heterocycles. The Morgan fingerprint density at radius 1 is 1.21 bits per heavy atom. The summed E-state index contributed by atoms with van der Waals surface area (Å²) < 4.78 is 0. The number of pyridine rings is 1. The number of nitrogens with zero attached hydrogens (tertiary/aromatic N) is 1. The van der Waals surface area contributed by atoms with Gasteiger partial charge in [0.15, 0.2) is 0 Å². The molecule has 0 aliphatic heterocycles. The third kappa shape index (κ3) is 2.98. The lowest BCUT2D eigenvalue weighted by Crippen LogP contribution is -2.10. The number of aromatic nitrogens is 1. The van der Waals surface area contributed by atoms with Crippen LogP contribution in [0.15, 0.2) is 42.6 Å². The van der Waals surface area contributed by atoms with Crippen molar-refractivity contribution >= 4 is 5.91 Å². The molecule has 0 spiro atoms. The number of primary amides is 1. The molecule has 0 saturated heterocycles. The van der Waals surface area contributed by atoms with E-state index in [4.69, 9.17) is 5.73 Å². The van der Waals surface area contributed by atoms with Gasteiger partial charge in [-0.1, -0.05) is 25.1 Å². The zero-order valence-corrected chi connectivity index (χ0v) is 10.7. The van der Waals surface area contributed by atoms with Gasteiger partial charge in [0, 0.05) is 17.3 Å². The minimum Gasteiger partial charge on any atom is -0.387 e. The lowest BCUT2D eigenvalue weighted by molar-refractivity contribution is 0.100. The highest BCUT2D eigenvalue weighted by molar-refractivity contribution is 5.93. The average molecular weight is 256 g/mol. The summed E-state index contributed by atoms with van der Waals surface area (Å²) in [5, 5.41) is 9.67. The molecule has 2 aromatic rings. The normalized spacial score (nSPS) is 12.1. The Morgan fingerprint density at radius 3 is 2.32 bits per heavy atom. The van der Waals surface area contributed by atoms with Gasteiger partial charge < -0.3 is 10.8 Å². The summed E-state index contributed by atoms with van der Waals surface area (Å²) in [5.41, 5.74) is 8.23. The zero-order chi connectivity index (χ0) is 13.8. The molecule has 2 rings (SSSR count). The fourth-order valence-electron chi connectivity index (χ4n) is 1.81. The van der Waals surface area contributed by atoms with E-state index in [0.717, 1.165) is 11.1 Å². The van der Waals surface area contributed by atoms with Crippen molar-refractivity contribution in [3.8, 4) is 11.1 Å². The molecule has 0 bridgehead atoms. The van der Waals surface area contributed by atoms with Crippen molar-refractivity contribution in [3.63, 3.8) is 0 Å². The van der Waals surface area contributed by atoms with Crippen molar-refractivity contribution in [1.82, 2.24) is 4.98 Å². The minimum absolute atomic E-state index is 0.439. The van der Waals surface area contributed by atoms with Crippen LogP contribution in [0.5, 0.6) is 0 Å². The minimum atomic E-state index is -0.522. The summed E-state index contributed by atoms with van der Waals surface area (Å²) in [7, 11) is 0. The van der Waals surface area contributed by atoms with E-state index in [1.165, 1.54) is 0 Å². The number of amides is 1. The topological polar surface area (TPSA) is 76.2 Å². The van der Waals surface area contributed by atoms with Crippen molar-refractivity contribution in [2.75, 3.05) is 0 Å². The molecule has 0 aliphatic rings. The molecular formula is C15H16N2O2. The van der Waals surface area contributed by atoms with Gasteiger partial charge in [0.2, 0.25) is 5.91 Å². The van der Waals surface area contributed by atoms with Gasteiger partial charge in [-0.2, -0.15) is 0 Å². The Kier molecular flexibility index (Phi) is 3.92. The molecule has 3 N–H and O–H groups in total. The van der Waals surface area contributed by atoms with Gasteiger partial charge in [0.05, 0.1) is 11.8 Å². The number of aliphatic hydroxyl groups excluding tert-OH is 1. The highest BCUT2D eigenvalue weighted by atomic mass is 16.3. The highest BCUT2D eigenvalue weighted by Crippen LogP contribution is 2.21. The first-order chi connectivity index (χ1) is 9.11. The summed E-state index contributed by atoms with van der Waals surface area (Å²) in [6.07, 6.45) is 1.83. The Balaban J connectivity index is 2.24. The van der Waals surface area contributed by atoms with E-state index < -0.39 is 12.0 Å². The van der Waals surface area contributed by atoms with E-state index in [2.05, 4.69) is 4.98 Å². The molecule has 0 saturated carbocycles.